The zero-order chi connectivity index (χ0) is 12.8. The third kappa shape index (κ3) is 3.76. The van der Waals surface area contributed by atoms with Crippen molar-refractivity contribution in [2.45, 2.75) is 6.42 Å². The molecule has 0 bridgehead atoms. The Morgan fingerprint density at radius 2 is 1.44 bits per heavy atom. The summed E-state index contributed by atoms with van der Waals surface area (Å²) in [7, 11) is 0. The molecule has 2 N–H and O–H groups in total. The fourth-order valence-corrected chi connectivity index (χ4v) is 1.84. The molecule has 2 aromatic rings. The Balaban J connectivity index is 1.99. The van der Waals surface area contributed by atoms with Crippen LogP contribution in [0.15, 0.2) is 48.5 Å². The molecule has 0 aliphatic heterocycles. The van der Waals surface area contributed by atoms with Crippen molar-refractivity contribution in [3.05, 3.63) is 64.7 Å². The molecule has 0 aliphatic carbocycles. The number of nitrogens with two attached hydrogens (primary N) is 1. The van der Waals surface area contributed by atoms with E-state index >= 15 is 0 Å². The normalized spacial score (nSPS) is 10.3. The van der Waals surface area contributed by atoms with Crippen LogP contribution in [-0.2, 0) is 6.42 Å². The maximum Gasteiger partial charge on any atom is 0.119 e. The van der Waals surface area contributed by atoms with E-state index in [4.69, 9.17) is 22.1 Å². The van der Waals surface area contributed by atoms with Crippen LogP contribution >= 0.6 is 11.6 Å². The molecule has 0 atom stereocenters. The van der Waals surface area contributed by atoms with Crippen molar-refractivity contribution in [3.63, 3.8) is 0 Å². The number of hydrogen-bond donors (Lipinski definition) is 1. The van der Waals surface area contributed by atoms with Gasteiger partial charge < -0.3 is 10.5 Å². The van der Waals surface area contributed by atoms with Crippen LogP contribution in [0.5, 0.6) is 5.75 Å². The van der Waals surface area contributed by atoms with Gasteiger partial charge in [0.2, 0.25) is 0 Å². The average Bonchev–Trinajstić information content (AvgIpc) is 2.41. The van der Waals surface area contributed by atoms with Gasteiger partial charge in [-0.1, -0.05) is 35.9 Å². The van der Waals surface area contributed by atoms with E-state index in [1.165, 1.54) is 11.1 Å². The zero-order valence-electron chi connectivity index (χ0n) is 10.1. The van der Waals surface area contributed by atoms with Crippen molar-refractivity contribution in [2.75, 3.05) is 13.2 Å². The molecule has 94 valence electrons. The lowest BCUT2D eigenvalue weighted by molar-refractivity contribution is 0.328. The van der Waals surface area contributed by atoms with E-state index in [-0.39, 0.29) is 0 Å². The molecule has 0 saturated carbocycles. The van der Waals surface area contributed by atoms with Crippen LogP contribution in [0, 0.1) is 0 Å². The highest BCUT2D eigenvalue weighted by molar-refractivity contribution is 6.30. The summed E-state index contributed by atoms with van der Waals surface area (Å²) in [6, 6.07) is 16.0. The van der Waals surface area contributed by atoms with E-state index in [9.17, 15) is 0 Å². The minimum atomic E-state index is 0.534. The first-order valence-electron chi connectivity index (χ1n) is 5.94. The molecule has 0 aliphatic rings. The molecule has 0 saturated heterocycles. The summed E-state index contributed by atoms with van der Waals surface area (Å²) in [5.74, 6) is 0.861. The molecule has 0 amide bonds. The molecule has 0 radical (unpaired) electrons. The van der Waals surface area contributed by atoms with Gasteiger partial charge in [0.15, 0.2) is 0 Å². The second-order valence-electron chi connectivity index (χ2n) is 4.08. The lowest BCUT2D eigenvalue weighted by Gasteiger charge is -2.06. The first kappa shape index (κ1) is 12.9. The van der Waals surface area contributed by atoms with Crippen LogP contribution in [0.1, 0.15) is 11.1 Å². The summed E-state index contributed by atoms with van der Waals surface area (Å²) in [5.41, 5.74) is 7.88. The smallest absolute Gasteiger partial charge is 0.119 e. The van der Waals surface area contributed by atoms with Gasteiger partial charge in [-0.3, -0.25) is 0 Å². The molecule has 2 rings (SSSR count). The predicted molar refractivity (Wildman–Crippen MR) is 75.2 cm³/mol. The maximum absolute atomic E-state index is 5.86. The zero-order valence-corrected chi connectivity index (χ0v) is 10.9. The van der Waals surface area contributed by atoms with Gasteiger partial charge in [0.25, 0.3) is 0 Å². The minimum Gasteiger partial charge on any atom is -0.492 e. The van der Waals surface area contributed by atoms with Gasteiger partial charge in [-0.15, -0.1) is 0 Å². The number of halogens is 1. The highest BCUT2D eigenvalue weighted by atomic mass is 35.5. The Bertz CT molecular complexity index is 479. The summed E-state index contributed by atoms with van der Waals surface area (Å²) >= 11 is 5.86. The van der Waals surface area contributed by atoms with E-state index < -0.39 is 0 Å². The van der Waals surface area contributed by atoms with Crippen molar-refractivity contribution >= 4 is 11.6 Å². The van der Waals surface area contributed by atoms with E-state index in [0.29, 0.717) is 13.2 Å². The van der Waals surface area contributed by atoms with Crippen LogP contribution < -0.4 is 10.5 Å². The van der Waals surface area contributed by atoms with Crippen molar-refractivity contribution in [1.29, 1.82) is 0 Å². The lowest BCUT2D eigenvalue weighted by atomic mass is 10.1. The monoisotopic (exact) mass is 261 g/mol. The largest absolute Gasteiger partial charge is 0.492 e. The van der Waals surface area contributed by atoms with E-state index in [0.717, 1.165) is 17.2 Å². The van der Waals surface area contributed by atoms with E-state index in [1.54, 1.807) is 0 Å². The first-order valence-corrected chi connectivity index (χ1v) is 6.32. The fourth-order valence-electron chi connectivity index (χ4n) is 1.72. The molecular formula is C15H16ClNO. The van der Waals surface area contributed by atoms with Gasteiger partial charge in [-0.05, 0) is 41.8 Å². The third-order valence-corrected chi connectivity index (χ3v) is 2.88. The molecule has 2 nitrogen and oxygen atoms in total. The summed E-state index contributed by atoms with van der Waals surface area (Å²) in [6.45, 7) is 1.09. The number of ether oxygens (including phenoxy) is 1. The van der Waals surface area contributed by atoms with Gasteiger partial charge in [-0.2, -0.15) is 0 Å². The summed E-state index contributed by atoms with van der Waals surface area (Å²) in [4.78, 5) is 0. The van der Waals surface area contributed by atoms with Crippen LogP contribution in [0.3, 0.4) is 0 Å². The van der Waals surface area contributed by atoms with Gasteiger partial charge in [0, 0.05) is 11.6 Å². The summed E-state index contributed by atoms with van der Waals surface area (Å²) in [6.07, 6.45) is 0.897. The highest BCUT2D eigenvalue weighted by Gasteiger charge is 1.98. The maximum atomic E-state index is 5.86. The van der Waals surface area contributed by atoms with Crippen LogP contribution in [0.4, 0.5) is 0 Å². The molecular weight excluding hydrogens is 246 g/mol. The van der Waals surface area contributed by atoms with Crippen molar-refractivity contribution < 1.29 is 4.74 Å². The Kier molecular flexibility index (Phi) is 4.62. The second kappa shape index (κ2) is 6.43. The average molecular weight is 262 g/mol. The summed E-state index contributed by atoms with van der Waals surface area (Å²) in [5, 5.41) is 0.768. The molecule has 0 heterocycles. The molecule has 2 aromatic carbocycles. The van der Waals surface area contributed by atoms with Gasteiger partial charge >= 0.3 is 0 Å². The van der Waals surface area contributed by atoms with Gasteiger partial charge in [-0.25, -0.2) is 0 Å². The standard InChI is InChI=1S/C15H16ClNO/c16-14-5-1-12(2-6-14)11-13-3-7-15(8-4-13)18-10-9-17/h1-8H,9-11,17H2. The Morgan fingerprint density at radius 3 is 2.00 bits per heavy atom. The van der Waals surface area contributed by atoms with Crippen molar-refractivity contribution in [1.82, 2.24) is 0 Å². The van der Waals surface area contributed by atoms with Crippen LogP contribution in [0.25, 0.3) is 0 Å². The third-order valence-electron chi connectivity index (χ3n) is 2.63. The first-order chi connectivity index (χ1) is 8.78. The SMILES string of the molecule is NCCOc1ccc(Cc2ccc(Cl)cc2)cc1. The highest BCUT2D eigenvalue weighted by Crippen LogP contribution is 2.16. The molecule has 0 aromatic heterocycles. The minimum absolute atomic E-state index is 0.534. The van der Waals surface area contributed by atoms with Crippen LogP contribution in [-0.4, -0.2) is 13.2 Å². The number of hydrogen-bond acceptors (Lipinski definition) is 2. The topological polar surface area (TPSA) is 35.2 Å². The second-order valence-corrected chi connectivity index (χ2v) is 4.52. The molecule has 0 unspecified atom stereocenters. The molecule has 18 heavy (non-hydrogen) atoms. The quantitative estimate of drug-likeness (QED) is 0.897. The van der Waals surface area contributed by atoms with Gasteiger partial charge in [0.05, 0.1) is 0 Å². The predicted octanol–water partition coefficient (Wildman–Crippen LogP) is 3.27. The number of rotatable bonds is 5. The van der Waals surface area contributed by atoms with Crippen molar-refractivity contribution in [2.24, 2.45) is 5.73 Å². The Morgan fingerprint density at radius 1 is 0.889 bits per heavy atom. The number of benzene rings is 2. The Labute approximate surface area is 112 Å². The lowest BCUT2D eigenvalue weighted by Crippen LogP contribution is -2.10. The Hall–Kier alpha value is -1.51. The van der Waals surface area contributed by atoms with Gasteiger partial charge in [0.1, 0.15) is 12.4 Å². The molecule has 0 spiro atoms. The van der Waals surface area contributed by atoms with Crippen LogP contribution in [0.2, 0.25) is 5.02 Å². The fraction of sp³-hybridized carbons (Fsp3) is 0.200. The van der Waals surface area contributed by atoms with E-state index in [2.05, 4.69) is 12.1 Å². The molecule has 3 heteroatoms. The van der Waals surface area contributed by atoms with Crippen molar-refractivity contribution in [3.8, 4) is 5.75 Å². The summed E-state index contributed by atoms with van der Waals surface area (Å²) < 4.78 is 5.43. The molecule has 0 fully saturated rings. The van der Waals surface area contributed by atoms with E-state index in [1.807, 2.05) is 36.4 Å².